The van der Waals surface area contributed by atoms with E-state index in [4.69, 9.17) is 0 Å². The molecular weight excluding hydrogens is 264 g/mol. The largest absolute Gasteiger partial charge is 0.306 e. The van der Waals surface area contributed by atoms with Gasteiger partial charge in [-0.1, -0.05) is 31.2 Å². The average molecular weight is 282 g/mol. The highest BCUT2D eigenvalue weighted by Crippen LogP contribution is 2.32. The maximum absolute atomic E-state index is 4.27. The maximum Gasteiger partial charge on any atom is 0.0606 e. The molecular formula is C17H18N2S. The first kappa shape index (κ1) is 13.3. The molecule has 3 heteroatoms. The summed E-state index contributed by atoms with van der Waals surface area (Å²) in [6.45, 7) is 3.19. The molecule has 0 amide bonds. The van der Waals surface area contributed by atoms with Gasteiger partial charge in [0.1, 0.15) is 0 Å². The quantitative estimate of drug-likeness (QED) is 0.751. The van der Waals surface area contributed by atoms with Gasteiger partial charge in [-0.25, -0.2) is 0 Å². The van der Waals surface area contributed by atoms with Crippen molar-refractivity contribution < 1.29 is 0 Å². The van der Waals surface area contributed by atoms with Crippen LogP contribution in [0.25, 0.3) is 10.1 Å². The Morgan fingerprint density at radius 2 is 2.15 bits per heavy atom. The first-order chi connectivity index (χ1) is 9.90. The van der Waals surface area contributed by atoms with Gasteiger partial charge in [0.15, 0.2) is 0 Å². The summed E-state index contributed by atoms with van der Waals surface area (Å²) in [6.07, 6.45) is 4.91. The summed E-state index contributed by atoms with van der Waals surface area (Å²) in [5.74, 6) is 0. The minimum absolute atomic E-state index is 0.214. The highest BCUT2D eigenvalue weighted by Gasteiger charge is 2.16. The molecule has 3 rings (SSSR count). The van der Waals surface area contributed by atoms with E-state index in [9.17, 15) is 0 Å². The van der Waals surface area contributed by atoms with E-state index in [0.717, 1.165) is 13.0 Å². The minimum atomic E-state index is 0.214. The fourth-order valence-electron chi connectivity index (χ4n) is 2.49. The van der Waals surface area contributed by atoms with E-state index in [1.807, 2.05) is 29.8 Å². The summed E-state index contributed by atoms with van der Waals surface area (Å²) < 4.78 is 1.37. The van der Waals surface area contributed by atoms with Crippen molar-refractivity contribution in [3.8, 4) is 0 Å². The number of nitrogens with zero attached hydrogens (tertiary/aromatic N) is 1. The Bertz CT molecular complexity index is 676. The fraction of sp³-hybridized carbons (Fsp3) is 0.235. The van der Waals surface area contributed by atoms with Crippen LogP contribution < -0.4 is 5.32 Å². The number of fused-ring (bicyclic) bond motifs is 1. The zero-order chi connectivity index (χ0) is 13.8. The Hall–Kier alpha value is -1.71. The van der Waals surface area contributed by atoms with Crippen molar-refractivity contribution in [2.45, 2.75) is 19.4 Å². The number of hydrogen-bond donors (Lipinski definition) is 1. The van der Waals surface area contributed by atoms with E-state index in [0.29, 0.717) is 0 Å². The number of rotatable bonds is 5. The van der Waals surface area contributed by atoms with Gasteiger partial charge in [0, 0.05) is 17.1 Å². The van der Waals surface area contributed by atoms with Crippen molar-refractivity contribution >= 4 is 21.4 Å². The zero-order valence-corrected chi connectivity index (χ0v) is 12.4. The van der Waals surface area contributed by atoms with Crippen LogP contribution in [0.4, 0.5) is 0 Å². The third-order valence-corrected chi connectivity index (χ3v) is 4.42. The van der Waals surface area contributed by atoms with E-state index < -0.39 is 0 Å². The zero-order valence-electron chi connectivity index (χ0n) is 11.5. The molecule has 2 nitrogen and oxygen atoms in total. The van der Waals surface area contributed by atoms with Crippen molar-refractivity contribution in [1.82, 2.24) is 10.3 Å². The lowest BCUT2D eigenvalue weighted by atomic mass is 9.99. The van der Waals surface area contributed by atoms with E-state index >= 15 is 0 Å². The van der Waals surface area contributed by atoms with Crippen LogP contribution in [-0.2, 0) is 0 Å². The molecule has 2 heterocycles. The number of benzene rings is 1. The van der Waals surface area contributed by atoms with Gasteiger partial charge in [0.05, 0.1) is 6.04 Å². The van der Waals surface area contributed by atoms with Gasteiger partial charge in [0.25, 0.3) is 0 Å². The Labute approximate surface area is 123 Å². The Balaban J connectivity index is 2.07. The topological polar surface area (TPSA) is 24.9 Å². The summed E-state index contributed by atoms with van der Waals surface area (Å²) in [7, 11) is 0. The lowest BCUT2D eigenvalue weighted by molar-refractivity contribution is 0.600. The molecule has 0 aliphatic heterocycles. The summed E-state index contributed by atoms with van der Waals surface area (Å²) in [5, 5.41) is 7.13. The first-order valence-electron chi connectivity index (χ1n) is 6.99. The monoisotopic (exact) mass is 282 g/mol. The molecule has 0 aliphatic carbocycles. The summed E-state index contributed by atoms with van der Waals surface area (Å²) in [6, 6.07) is 13.1. The predicted octanol–water partition coefficient (Wildman–Crippen LogP) is 4.39. The van der Waals surface area contributed by atoms with Crippen LogP contribution in [0.3, 0.4) is 0 Å². The third kappa shape index (κ3) is 2.60. The van der Waals surface area contributed by atoms with Crippen LogP contribution in [0.1, 0.15) is 30.5 Å². The van der Waals surface area contributed by atoms with Gasteiger partial charge < -0.3 is 5.32 Å². The Morgan fingerprint density at radius 3 is 2.95 bits per heavy atom. The second-order valence-electron chi connectivity index (χ2n) is 4.86. The average Bonchev–Trinajstić information content (AvgIpc) is 2.98. The molecule has 1 aromatic carbocycles. The third-order valence-electron chi connectivity index (χ3n) is 3.44. The number of hydrogen-bond acceptors (Lipinski definition) is 3. The fourth-order valence-corrected chi connectivity index (χ4v) is 3.43. The highest BCUT2D eigenvalue weighted by molar-refractivity contribution is 7.17. The predicted molar refractivity (Wildman–Crippen MR) is 86.2 cm³/mol. The second-order valence-corrected chi connectivity index (χ2v) is 5.78. The number of nitrogens with one attached hydrogen (secondary N) is 1. The Kier molecular flexibility index (Phi) is 4.09. The van der Waals surface area contributed by atoms with Gasteiger partial charge in [-0.2, -0.15) is 0 Å². The lowest BCUT2D eigenvalue weighted by Gasteiger charge is -2.20. The SMILES string of the molecule is CCCNC(c1cccnc1)c1cccc2ccsc12. The molecule has 1 atom stereocenters. The van der Waals surface area contributed by atoms with Crippen molar-refractivity contribution in [3.63, 3.8) is 0 Å². The molecule has 1 N–H and O–H groups in total. The highest BCUT2D eigenvalue weighted by atomic mass is 32.1. The molecule has 2 aromatic heterocycles. The molecule has 102 valence electrons. The van der Waals surface area contributed by atoms with Gasteiger partial charge in [0.2, 0.25) is 0 Å². The van der Waals surface area contributed by atoms with Crippen molar-refractivity contribution in [3.05, 3.63) is 65.3 Å². The molecule has 0 aliphatic rings. The molecule has 20 heavy (non-hydrogen) atoms. The molecule has 1 unspecified atom stereocenters. The molecule has 0 spiro atoms. The molecule has 0 bridgehead atoms. The normalized spacial score (nSPS) is 12.7. The van der Waals surface area contributed by atoms with Gasteiger partial charge >= 0.3 is 0 Å². The molecule has 0 fully saturated rings. The van der Waals surface area contributed by atoms with Crippen LogP contribution >= 0.6 is 11.3 Å². The Morgan fingerprint density at radius 1 is 1.20 bits per heavy atom. The van der Waals surface area contributed by atoms with Crippen molar-refractivity contribution in [2.75, 3.05) is 6.54 Å². The van der Waals surface area contributed by atoms with Crippen molar-refractivity contribution in [2.24, 2.45) is 0 Å². The van der Waals surface area contributed by atoms with E-state index in [1.165, 1.54) is 21.2 Å². The second kappa shape index (κ2) is 6.16. The lowest BCUT2D eigenvalue weighted by Crippen LogP contribution is -2.23. The molecule has 0 saturated carbocycles. The first-order valence-corrected chi connectivity index (χ1v) is 7.87. The van der Waals surface area contributed by atoms with E-state index in [-0.39, 0.29) is 6.04 Å². The number of thiophene rings is 1. The molecule has 3 aromatic rings. The van der Waals surface area contributed by atoms with Crippen LogP contribution in [0.2, 0.25) is 0 Å². The maximum atomic E-state index is 4.27. The van der Waals surface area contributed by atoms with E-state index in [1.54, 1.807) is 0 Å². The van der Waals surface area contributed by atoms with Crippen LogP contribution in [0.15, 0.2) is 54.2 Å². The van der Waals surface area contributed by atoms with Crippen LogP contribution in [0, 0.1) is 0 Å². The standard InChI is InChI=1S/C17H18N2S/c1-2-9-19-16(14-6-4-10-18-12-14)15-7-3-5-13-8-11-20-17(13)15/h3-8,10-12,16,19H,2,9H2,1H3. The molecule has 0 radical (unpaired) electrons. The van der Waals surface area contributed by atoms with Crippen LogP contribution in [-0.4, -0.2) is 11.5 Å². The van der Waals surface area contributed by atoms with E-state index in [2.05, 4.69) is 52.9 Å². The van der Waals surface area contributed by atoms with Gasteiger partial charge in [-0.05, 0) is 47.0 Å². The number of aromatic nitrogens is 1. The van der Waals surface area contributed by atoms with Crippen LogP contribution in [0.5, 0.6) is 0 Å². The smallest absolute Gasteiger partial charge is 0.0606 e. The summed E-state index contributed by atoms with van der Waals surface area (Å²) >= 11 is 1.81. The number of pyridine rings is 1. The molecule has 0 saturated heterocycles. The van der Waals surface area contributed by atoms with Gasteiger partial charge in [-0.3, -0.25) is 4.98 Å². The summed E-state index contributed by atoms with van der Waals surface area (Å²) in [4.78, 5) is 4.27. The minimum Gasteiger partial charge on any atom is -0.306 e. The van der Waals surface area contributed by atoms with Gasteiger partial charge in [-0.15, -0.1) is 11.3 Å². The summed E-state index contributed by atoms with van der Waals surface area (Å²) in [5.41, 5.74) is 2.57. The van der Waals surface area contributed by atoms with Crippen molar-refractivity contribution in [1.29, 1.82) is 0 Å².